The number of hydrogen-bond acceptors (Lipinski definition) is 3. The highest BCUT2D eigenvalue weighted by atomic mass is 35.5. The fourth-order valence-corrected chi connectivity index (χ4v) is 3.02. The summed E-state index contributed by atoms with van der Waals surface area (Å²) in [4.78, 5) is 12.4. The van der Waals surface area contributed by atoms with Crippen LogP contribution in [0.3, 0.4) is 0 Å². The molecule has 0 spiro atoms. The quantitative estimate of drug-likeness (QED) is 0.350. The van der Waals surface area contributed by atoms with E-state index in [2.05, 4.69) is 0 Å². The van der Waals surface area contributed by atoms with Crippen LogP contribution in [0.1, 0.15) is 15.9 Å². The third kappa shape index (κ3) is 3.95. The van der Waals surface area contributed by atoms with E-state index in [0.717, 1.165) is 22.6 Å². The van der Waals surface area contributed by atoms with Crippen LogP contribution in [0, 0.1) is 0 Å². The largest absolute Gasteiger partial charge is 0.507 e. The van der Waals surface area contributed by atoms with Gasteiger partial charge in [-0.05, 0) is 47.2 Å². The zero-order valence-electron chi connectivity index (χ0n) is 13.3. The van der Waals surface area contributed by atoms with Crippen molar-refractivity contribution in [2.45, 2.75) is 0 Å². The summed E-state index contributed by atoms with van der Waals surface area (Å²) in [7, 11) is 1.61. The maximum Gasteiger partial charge on any atom is 0.189 e. The van der Waals surface area contributed by atoms with Crippen molar-refractivity contribution in [1.29, 1.82) is 0 Å². The number of ketones is 1. The number of rotatable bonds is 4. The molecular formula is C20H14Cl2O3. The van der Waals surface area contributed by atoms with Gasteiger partial charge in [-0.2, -0.15) is 0 Å². The fourth-order valence-electron chi connectivity index (χ4n) is 2.50. The first-order valence-corrected chi connectivity index (χ1v) is 8.21. The van der Waals surface area contributed by atoms with Crippen molar-refractivity contribution < 1.29 is 14.6 Å². The number of benzene rings is 3. The number of fused-ring (bicyclic) bond motifs is 1. The van der Waals surface area contributed by atoms with Gasteiger partial charge in [0.2, 0.25) is 0 Å². The number of aliphatic hydroxyl groups excluding tert-OH is 1. The number of halogens is 2. The van der Waals surface area contributed by atoms with Crippen molar-refractivity contribution in [2.75, 3.05) is 7.11 Å². The Morgan fingerprint density at radius 1 is 0.920 bits per heavy atom. The van der Waals surface area contributed by atoms with Crippen molar-refractivity contribution in [1.82, 2.24) is 0 Å². The second kappa shape index (κ2) is 7.18. The molecule has 0 aliphatic carbocycles. The lowest BCUT2D eigenvalue weighted by atomic mass is 10.0. The third-order valence-electron chi connectivity index (χ3n) is 3.76. The molecule has 3 nitrogen and oxygen atoms in total. The molecular weight excluding hydrogens is 359 g/mol. The maximum atomic E-state index is 12.4. The Hall–Kier alpha value is -2.49. The lowest BCUT2D eigenvalue weighted by Gasteiger charge is -2.05. The Morgan fingerprint density at radius 3 is 2.24 bits per heavy atom. The van der Waals surface area contributed by atoms with E-state index in [0.29, 0.717) is 21.2 Å². The van der Waals surface area contributed by atoms with E-state index < -0.39 is 0 Å². The topological polar surface area (TPSA) is 46.5 Å². The Bertz CT molecular complexity index is 973. The zero-order valence-corrected chi connectivity index (χ0v) is 14.8. The molecule has 0 fully saturated rings. The van der Waals surface area contributed by atoms with Gasteiger partial charge < -0.3 is 9.84 Å². The molecule has 0 saturated heterocycles. The molecule has 5 heteroatoms. The second-order valence-electron chi connectivity index (χ2n) is 5.48. The molecule has 0 atom stereocenters. The zero-order chi connectivity index (χ0) is 18.0. The second-order valence-corrected chi connectivity index (χ2v) is 6.35. The minimum atomic E-state index is -0.314. The number of methoxy groups -OCH3 is 1. The minimum Gasteiger partial charge on any atom is -0.507 e. The van der Waals surface area contributed by atoms with E-state index in [1.165, 1.54) is 0 Å². The number of hydrogen-bond donors (Lipinski definition) is 1. The summed E-state index contributed by atoms with van der Waals surface area (Å²) >= 11 is 11.8. The first kappa shape index (κ1) is 17.3. The molecule has 0 aliphatic rings. The highest BCUT2D eigenvalue weighted by Gasteiger charge is 2.09. The SMILES string of the molecule is COc1ccc2cc(C(=O)C=C(O)c3cc(Cl)cc(Cl)c3)ccc2c1. The Balaban J connectivity index is 1.93. The highest BCUT2D eigenvalue weighted by molar-refractivity contribution is 6.34. The normalized spacial score (nSPS) is 11.6. The maximum absolute atomic E-state index is 12.4. The van der Waals surface area contributed by atoms with Crippen LogP contribution < -0.4 is 4.74 Å². The van der Waals surface area contributed by atoms with Crippen LogP contribution in [0.15, 0.2) is 60.7 Å². The Morgan fingerprint density at radius 2 is 1.56 bits per heavy atom. The van der Waals surface area contributed by atoms with Gasteiger partial charge in [0.15, 0.2) is 5.78 Å². The molecule has 0 heterocycles. The van der Waals surface area contributed by atoms with Crippen LogP contribution in [0.5, 0.6) is 5.75 Å². The summed E-state index contributed by atoms with van der Waals surface area (Å²) in [6.07, 6.45) is 1.16. The van der Waals surface area contributed by atoms with Gasteiger partial charge in [0, 0.05) is 27.2 Å². The molecule has 0 unspecified atom stereocenters. The van der Waals surface area contributed by atoms with Crippen LogP contribution in [0.4, 0.5) is 0 Å². The predicted octanol–water partition coefficient (Wildman–Crippen LogP) is 5.94. The Kier molecular flexibility index (Phi) is 4.98. The van der Waals surface area contributed by atoms with Gasteiger partial charge in [-0.15, -0.1) is 0 Å². The van der Waals surface area contributed by atoms with Crippen molar-refractivity contribution in [3.05, 3.63) is 81.8 Å². The van der Waals surface area contributed by atoms with E-state index in [1.54, 1.807) is 37.4 Å². The number of aliphatic hydroxyl groups is 1. The summed E-state index contributed by atoms with van der Waals surface area (Å²) in [5, 5.41) is 12.8. The van der Waals surface area contributed by atoms with E-state index in [1.807, 2.05) is 24.3 Å². The molecule has 1 N–H and O–H groups in total. The van der Waals surface area contributed by atoms with Gasteiger partial charge in [-0.25, -0.2) is 0 Å². The number of carbonyl (C=O) groups excluding carboxylic acids is 1. The summed E-state index contributed by atoms with van der Waals surface area (Å²) in [5.74, 6) is 0.248. The van der Waals surface area contributed by atoms with Crippen molar-refractivity contribution >= 4 is 45.5 Å². The minimum absolute atomic E-state index is 0.191. The van der Waals surface area contributed by atoms with E-state index in [9.17, 15) is 9.90 Å². The first-order chi connectivity index (χ1) is 12.0. The number of ether oxygens (including phenoxy) is 1. The molecule has 0 aromatic heterocycles. The molecule has 3 rings (SSSR count). The Labute approximate surface area is 155 Å². The fraction of sp³-hybridized carbons (Fsp3) is 0.0500. The molecule has 0 bridgehead atoms. The molecule has 25 heavy (non-hydrogen) atoms. The summed E-state index contributed by atoms with van der Waals surface area (Å²) < 4.78 is 5.19. The molecule has 3 aromatic carbocycles. The lowest BCUT2D eigenvalue weighted by molar-refractivity contribution is 0.104. The van der Waals surface area contributed by atoms with Crippen LogP contribution in [-0.4, -0.2) is 18.0 Å². The van der Waals surface area contributed by atoms with Crippen LogP contribution in [0.25, 0.3) is 16.5 Å². The molecule has 126 valence electrons. The van der Waals surface area contributed by atoms with Gasteiger partial charge in [-0.1, -0.05) is 41.4 Å². The first-order valence-electron chi connectivity index (χ1n) is 7.45. The lowest BCUT2D eigenvalue weighted by Crippen LogP contribution is -1.97. The predicted molar refractivity (Wildman–Crippen MR) is 102 cm³/mol. The van der Waals surface area contributed by atoms with Gasteiger partial charge in [0.1, 0.15) is 11.5 Å². The number of allylic oxidation sites excluding steroid dienone is 1. The summed E-state index contributed by atoms with van der Waals surface area (Å²) in [5.41, 5.74) is 0.855. The average Bonchev–Trinajstić information content (AvgIpc) is 2.59. The summed E-state index contributed by atoms with van der Waals surface area (Å²) in [6.45, 7) is 0. The van der Waals surface area contributed by atoms with Gasteiger partial charge in [0.05, 0.1) is 7.11 Å². The van der Waals surface area contributed by atoms with E-state index in [-0.39, 0.29) is 11.5 Å². The molecule has 0 aliphatic heterocycles. The molecule has 3 aromatic rings. The van der Waals surface area contributed by atoms with Crippen molar-refractivity contribution in [2.24, 2.45) is 0 Å². The van der Waals surface area contributed by atoms with Crippen molar-refractivity contribution in [3.63, 3.8) is 0 Å². The van der Waals surface area contributed by atoms with Crippen LogP contribution in [-0.2, 0) is 0 Å². The highest BCUT2D eigenvalue weighted by Crippen LogP contribution is 2.25. The van der Waals surface area contributed by atoms with Gasteiger partial charge in [0.25, 0.3) is 0 Å². The van der Waals surface area contributed by atoms with E-state index >= 15 is 0 Å². The standard InChI is InChI=1S/C20H14Cl2O3/c1-25-18-5-4-12-6-14(3-2-13(12)9-18)19(23)11-20(24)15-7-16(21)10-17(22)8-15/h2-11,24H,1H3. The van der Waals surface area contributed by atoms with Crippen molar-refractivity contribution in [3.8, 4) is 5.75 Å². The molecule has 0 saturated carbocycles. The van der Waals surface area contributed by atoms with Crippen LogP contribution >= 0.6 is 23.2 Å². The van der Waals surface area contributed by atoms with Crippen LogP contribution in [0.2, 0.25) is 10.0 Å². The number of carbonyl (C=O) groups is 1. The third-order valence-corrected chi connectivity index (χ3v) is 4.19. The average molecular weight is 373 g/mol. The molecule has 0 radical (unpaired) electrons. The van der Waals surface area contributed by atoms with E-state index in [4.69, 9.17) is 27.9 Å². The smallest absolute Gasteiger partial charge is 0.189 e. The summed E-state index contributed by atoms with van der Waals surface area (Å²) in [6, 6.07) is 15.6. The molecule has 0 amide bonds. The monoisotopic (exact) mass is 372 g/mol. The van der Waals surface area contributed by atoms with Gasteiger partial charge >= 0.3 is 0 Å². The van der Waals surface area contributed by atoms with Gasteiger partial charge in [-0.3, -0.25) is 4.79 Å².